The van der Waals surface area contributed by atoms with E-state index in [1.807, 2.05) is 30.5 Å². The highest BCUT2D eigenvalue weighted by molar-refractivity contribution is 6.31. The predicted molar refractivity (Wildman–Crippen MR) is 140 cm³/mol. The summed E-state index contributed by atoms with van der Waals surface area (Å²) in [5.74, 6) is 0.640. The lowest BCUT2D eigenvalue weighted by Gasteiger charge is -2.18. The molecule has 36 heavy (non-hydrogen) atoms. The molecule has 2 aromatic carbocycles. The molecule has 0 saturated heterocycles. The first-order valence-electron chi connectivity index (χ1n) is 12.1. The van der Waals surface area contributed by atoms with Gasteiger partial charge in [-0.25, -0.2) is 0 Å². The smallest absolute Gasteiger partial charge is 0.201 e. The van der Waals surface area contributed by atoms with E-state index in [1.54, 1.807) is 16.9 Å². The van der Waals surface area contributed by atoms with Crippen molar-refractivity contribution in [1.29, 1.82) is 0 Å². The number of hydrogen-bond acceptors (Lipinski definition) is 5. The van der Waals surface area contributed by atoms with Gasteiger partial charge < -0.3 is 5.21 Å². The monoisotopic (exact) mass is 496 g/mol. The summed E-state index contributed by atoms with van der Waals surface area (Å²) in [6, 6.07) is 17.9. The molecule has 6 rings (SSSR count). The van der Waals surface area contributed by atoms with Crippen molar-refractivity contribution in [3.63, 3.8) is 0 Å². The Morgan fingerprint density at radius 2 is 2.00 bits per heavy atom. The Morgan fingerprint density at radius 1 is 1.11 bits per heavy atom. The van der Waals surface area contributed by atoms with Gasteiger partial charge in [-0.3, -0.25) is 4.99 Å². The Hall–Kier alpha value is -3.84. The van der Waals surface area contributed by atoms with Gasteiger partial charge in [0.15, 0.2) is 6.20 Å². The normalized spacial score (nSPS) is 16.1. The molecule has 2 aliphatic rings. The quantitative estimate of drug-likeness (QED) is 0.243. The van der Waals surface area contributed by atoms with E-state index in [9.17, 15) is 5.21 Å². The standard InChI is InChI=1S/C28H25ClN6O/c1-18-3-2-4-20(11-18)22-13-26(30-15-22)25(12-19-5-6-19)28-9-7-21(16-35(28)36)24-14-23(29)8-10-27(24)34-17-31-32-33-34/h2-4,7-11,14-17,19,25H,5-6,12-13H2,1H3. The molecule has 0 spiro atoms. The number of aromatic nitrogens is 5. The second-order valence-electron chi connectivity index (χ2n) is 9.64. The van der Waals surface area contributed by atoms with Gasteiger partial charge in [0.2, 0.25) is 5.69 Å². The molecule has 2 aromatic heterocycles. The lowest BCUT2D eigenvalue weighted by Crippen LogP contribution is -2.35. The van der Waals surface area contributed by atoms with Crippen LogP contribution in [0.3, 0.4) is 0 Å². The highest BCUT2D eigenvalue weighted by Gasteiger charge is 2.34. The molecule has 1 fully saturated rings. The first-order valence-corrected chi connectivity index (χ1v) is 12.5. The zero-order valence-corrected chi connectivity index (χ0v) is 20.6. The van der Waals surface area contributed by atoms with E-state index in [-0.39, 0.29) is 5.92 Å². The second kappa shape index (κ2) is 9.32. The highest BCUT2D eigenvalue weighted by Crippen LogP contribution is 2.41. The van der Waals surface area contributed by atoms with Gasteiger partial charge in [0.25, 0.3) is 0 Å². The molecule has 1 aliphatic heterocycles. The van der Waals surface area contributed by atoms with Crippen LogP contribution < -0.4 is 4.73 Å². The molecule has 3 heterocycles. The number of benzene rings is 2. The van der Waals surface area contributed by atoms with Gasteiger partial charge in [-0.2, -0.15) is 9.41 Å². The van der Waals surface area contributed by atoms with Crippen molar-refractivity contribution >= 4 is 22.9 Å². The van der Waals surface area contributed by atoms with Crippen LogP contribution in [0.4, 0.5) is 0 Å². The fourth-order valence-electron chi connectivity index (χ4n) is 4.93. The van der Waals surface area contributed by atoms with Crippen molar-refractivity contribution in [2.24, 2.45) is 10.9 Å². The zero-order valence-electron chi connectivity index (χ0n) is 19.9. The summed E-state index contributed by atoms with van der Waals surface area (Å²) in [5.41, 5.74) is 7.70. The third-order valence-corrected chi connectivity index (χ3v) is 7.22. The SMILES string of the molecule is Cc1cccc(C2=CN=C(C(CC3CC3)c3ccc(-c4cc(Cl)ccc4-n4cnnn4)c[n+]3[O-])C2)c1. The van der Waals surface area contributed by atoms with Crippen LogP contribution in [0.2, 0.25) is 5.02 Å². The van der Waals surface area contributed by atoms with Gasteiger partial charge in [-0.15, -0.1) is 5.10 Å². The zero-order chi connectivity index (χ0) is 24.6. The number of nitrogens with zero attached hydrogens (tertiary/aromatic N) is 6. The maximum Gasteiger partial charge on any atom is 0.201 e. The number of allylic oxidation sites excluding steroid dienone is 1. The van der Waals surface area contributed by atoms with Crippen LogP contribution in [-0.2, 0) is 0 Å². The summed E-state index contributed by atoms with van der Waals surface area (Å²) in [7, 11) is 0. The Bertz CT molecular complexity index is 1490. The highest BCUT2D eigenvalue weighted by atomic mass is 35.5. The van der Waals surface area contributed by atoms with Crippen molar-refractivity contribution in [2.45, 2.75) is 38.5 Å². The van der Waals surface area contributed by atoms with Crippen LogP contribution in [0.1, 0.15) is 48.4 Å². The van der Waals surface area contributed by atoms with Crippen molar-refractivity contribution in [1.82, 2.24) is 20.2 Å². The molecule has 1 saturated carbocycles. The van der Waals surface area contributed by atoms with E-state index >= 15 is 0 Å². The molecule has 0 N–H and O–H groups in total. The number of rotatable bonds is 7. The maximum absolute atomic E-state index is 13.5. The molecule has 8 heteroatoms. The Morgan fingerprint density at radius 3 is 2.75 bits per heavy atom. The second-order valence-corrected chi connectivity index (χ2v) is 10.1. The van der Waals surface area contributed by atoms with Gasteiger partial charge >= 0.3 is 0 Å². The minimum absolute atomic E-state index is 0.0130. The molecule has 1 aliphatic carbocycles. The molecule has 0 radical (unpaired) electrons. The van der Waals surface area contributed by atoms with E-state index < -0.39 is 0 Å². The minimum Gasteiger partial charge on any atom is -0.618 e. The van der Waals surface area contributed by atoms with Crippen LogP contribution in [0, 0.1) is 18.0 Å². The number of aliphatic imine (C=N–C) groups is 1. The van der Waals surface area contributed by atoms with Gasteiger partial charge in [0.1, 0.15) is 6.33 Å². The topological polar surface area (TPSA) is 82.9 Å². The maximum atomic E-state index is 13.5. The molecule has 180 valence electrons. The first kappa shape index (κ1) is 22.6. The van der Waals surface area contributed by atoms with E-state index in [1.165, 1.54) is 35.9 Å². The van der Waals surface area contributed by atoms with Crippen LogP contribution >= 0.6 is 11.6 Å². The summed E-state index contributed by atoms with van der Waals surface area (Å²) in [4.78, 5) is 4.82. The lowest BCUT2D eigenvalue weighted by atomic mass is 9.88. The average Bonchev–Trinajstić information content (AvgIpc) is 3.31. The Balaban J connectivity index is 1.32. The van der Waals surface area contributed by atoms with E-state index in [2.05, 4.69) is 46.7 Å². The summed E-state index contributed by atoms with van der Waals surface area (Å²) in [6.45, 7) is 2.10. The third-order valence-electron chi connectivity index (χ3n) is 6.98. The van der Waals surface area contributed by atoms with Crippen LogP contribution in [0.25, 0.3) is 22.4 Å². The lowest BCUT2D eigenvalue weighted by molar-refractivity contribution is -0.614. The van der Waals surface area contributed by atoms with Gasteiger partial charge in [-0.05, 0) is 65.1 Å². The van der Waals surface area contributed by atoms with E-state index in [0.29, 0.717) is 10.9 Å². The Labute approximate surface area is 214 Å². The van der Waals surface area contributed by atoms with E-state index in [4.69, 9.17) is 16.6 Å². The van der Waals surface area contributed by atoms with Crippen molar-refractivity contribution in [2.75, 3.05) is 0 Å². The van der Waals surface area contributed by atoms with Crippen molar-refractivity contribution in [3.8, 4) is 16.8 Å². The number of pyridine rings is 1. The molecule has 1 unspecified atom stereocenters. The fourth-order valence-corrected chi connectivity index (χ4v) is 5.10. The van der Waals surface area contributed by atoms with Crippen molar-refractivity contribution in [3.05, 3.63) is 100 Å². The third kappa shape index (κ3) is 4.54. The number of hydrogen-bond donors (Lipinski definition) is 0. The fraction of sp³-hybridized carbons (Fsp3) is 0.250. The number of halogens is 1. The largest absolute Gasteiger partial charge is 0.618 e. The molecule has 7 nitrogen and oxygen atoms in total. The summed E-state index contributed by atoms with van der Waals surface area (Å²) < 4.78 is 2.57. The molecule has 1 atom stereocenters. The minimum atomic E-state index is -0.0130. The molecular formula is C28H25ClN6O. The van der Waals surface area contributed by atoms with Crippen LogP contribution in [0.15, 0.2) is 78.3 Å². The Kier molecular flexibility index (Phi) is 5.85. The molecule has 0 bridgehead atoms. The van der Waals surface area contributed by atoms with Crippen molar-refractivity contribution < 1.29 is 4.73 Å². The number of tetrazole rings is 1. The predicted octanol–water partition coefficient (Wildman–Crippen LogP) is 5.69. The molecule has 4 aromatic rings. The van der Waals surface area contributed by atoms with Gasteiger partial charge in [0, 0.05) is 40.5 Å². The molecule has 0 amide bonds. The van der Waals surface area contributed by atoms with Crippen LogP contribution in [-0.4, -0.2) is 25.9 Å². The first-order chi connectivity index (χ1) is 17.5. The summed E-state index contributed by atoms with van der Waals surface area (Å²) in [5, 5.41) is 25.5. The average molecular weight is 497 g/mol. The number of aryl methyl sites for hydroxylation is 1. The van der Waals surface area contributed by atoms with E-state index in [0.717, 1.165) is 45.8 Å². The van der Waals surface area contributed by atoms with Crippen LogP contribution in [0.5, 0.6) is 0 Å². The van der Waals surface area contributed by atoms with Gasteiger partial charge in [-0.1, -0.05) is 54.3 Å². The summed E-state index contributed by atoms with van der Waals surface area (Å²) >= 11 is 6.31. The summed E-state index contributed by atoms with van der Waals surface area (Å²) in [6.07, 6.45) is 9.27. The van der Waals surface area contributed by atoms with Gasteiger partial charge in [0.05, 0.1) is 11.6 Å². The molecular weight excluding hydrogens is 472 g/mol.